The molecule has 1 rings (SSSR count). The lowest BCUT2D eigenvalue weighted by Gasteiger charge is -2.13. The number of hydrogen-bond acceptors (Lipinski definition) is 2. The fraction of sp³-hybridized carbons (Fsp3) is 0.611. The molecule has 0 fully saturated rings. The smallest absolute Gasteiger partial charge is 0.249 e. The number of aryl methyl sites for hydroxylation is 1. The van der Waals surface area contributed by atoms with Crippen molar-refractivity contribution in [2.45, 2.75) is 65.7 Å². The molecule has 0 aliphatic carbocycles. The zero-order valence-electron chi connectivity index (χ0n) is 13.7. The normalized spacial score (nSPS) is 10.6. The Bertz CT molecular complexity index is 455. The largest absolute Gasteiger partial charge is 0.493 e. The van der Waals surface area contributed by atoms with E-state index in [9.17, 15) is 4.79 Å². The predicted octanol–water partition coefficient (Wildman–Crippen LogP) is 4.53. The summed E-state index contributed by atoms with van der Waals surface area (Å²) in [5, 5.41) is 0. The van der Waals surface area contributed by atoms with E-state index in [2.05, 4.69) is 6.92 Å². The average Bonchev–Trinajstić information content (AvgIpc) is 2.43. The van der Waals surface area contributed by atoms with E-state index in [1.807, 2.05) is 26.0 Å². The van der Waals surface area contributed by atoms with Gasteiger partial charge in [-0.3, -0.25) is 4.79 Å². The maximum absolute atomic E-state index is 11.5. The van der Waals surface area contributed by atoms with Crippen LogP contribution in [0.15, 0.2) is 12.1 Å². The number of nitrogens with two attached hydrogens (primary N) is 1. The van der Waals surface area contributed by atoms with Crippen LogP contribution in [0.1, 0.15) is 73.4 Å². The molecule has 0 unspecified atom stereocenters. The Morgan fingerprint density at radius 2 is 1.67 bits per heavy atom. The van der Waals surface area contributed by atoms with Gasteiger partial charge in [-0.2, -0.15) is 0 Å². The van der Waals surface area contributed by atoms with Crippen LogP contribution in [0.5, 0.6) is 5.75 Å². The molecular weight excluding hydrogens is 262 g/mol. The Kier molecular flexibility index (Phi) is 7.88. The second kappa shape index (κ2) is 9.43. The maximum Gasteiger partial charge on any atom is 0.249 e. The molecule has 1 amide bonds. The van der Waals surface area contributed by atoms with Crippen LogP contribution < -0.4 is 10.5 Å². The Morgan fingerprint density at radius 1 is 1.05 bits per heavy atom. The van der Waals surface area contributed by atoms with Crippen LogP contribution in [0.2, 0.25) is 0 Å². The van der Waals surface area contributed by atoms with Crippen molar-refractivity contribution >= 4 is 5.91 Å². The second-order valence-corrected chi connectivity index (χ2v) is 5.71. The van der Waals surface area contributed by atoms with E-state index >= 15 is 0 Å². The van der Waals surface area contributed by atoms with Crippen molar-refractivity contribution in [1.82, 2.24) is 0 Å². The number of benzene rings is 1. The first kappa shape index (κ1) is 17.5. The van der Waals surface area contributed by atoms with E-state index < -0.39 is 0 Å². The highest BCUT2D eigenvalue weighted by Crippen LogP contribution is 2.24. The molecule has 3 heteroatoms. The van der Waals surface area contributed by atoms with Gasteiger partial charge in [-0.05, 0) is 31.9 Å². The molecule has 0 aliphatic heterocycles. The van der Waals surface area contributed by atoms with E-state index in [1.165, 1.54) is 38.5 Å². The third-order valence-corrected chi connectivity index (χ3v) is 3.88. The van der Waals surface area contributed by atoms with E-state index in [4.69, 9.17) is 10.5 Å². The van der Waals surface area contributed by atoms with E-state index in [-0.39, 0.29) is 5.91 Å². The quantitative estimate of drug-likeness (QED) is 0.644. The lowest BCUT2D eigenvalue weighted by atomic mass is 10.0. The molecule has 0 saturated carbocycles. The molecule has 1 aromatic rings. The van der Waals surface area contributed by atoms with Gasteiger partial charge >= 0.3 is 0 Å². The average molecular weight is 291 g/mol. The summed E-state index contributed by atoms with van der Waals surface area (Å²) in [5.74, 6) is 0.395. The molecule has 0 radical (unpaired) electrons. The Hall–Kier alpha value is -1.51. The van der Waals surface area contributed by atoms with Crippen LogP contribution in [0, 0.1) is 13.8 Å². The first-order chi connectivity index (χ1) is 10.1. The summed E-state index contributed by atoms with van der Waals surface area (Å²) in [5.41, 5.74) is 7.77. The lowest BCUT2D eigenvalue weighted by molar-refractivity contribution is 0.0998. The third-order valence-electron chi connectivity index (χ3n) is 3.88. The zero-order chi connectivity index (χ0) is 15.7. The summed E-state index contributed by atoms with van der Waals surface area (Å²) in [4.78, 5) is 11.5. The summed E-state index contributed by atoms with van der Waals surface area (Å²) < 4.78 is 5.80. The summed E-state index contributed by atoms with van der Waals surface area (Å²) in [7, 11) is 0. The highest BCUT2D eigenvalue weighted by atomic mass is 16.5. The van der Waals surface area contributed by atoms with Crippen molar-refractivity contribution < 1.29 is 9.53 Å². The highest BCUT2D eigenvalue weighted by Gasteiger charge is 2.12. The number of ether oxygens (including phenoxy) is 1. The van der Waals surface area contributed by atoms with Gasteiger partial charge in [0.25, 0.3) is 0 Å². The van der Waals surface area contributed by atoms with Gasteiger partial charge in [-0.1, -0.05) is 51.5 Å². The van der Waals surface area contributed by atoms with Gasteiger partial charge in [-0.25, -0.2) is 0 Å². The van der Waals surface area contributed by atoms with Gasteiger partial charge in [0.15, 0.2) is 0 Å². The van der Waals surface area contributed by atoms with Gasteiger partial charge in [0, 0.05) is 11.1 Å². The second-order valence-electron chi connectivity index (χ2n) is 5.71. The Balaban J connectivity index is 2.36. The number of primary amides is 1. The van der Waals surface area contributed by atoms with Crippen molar-refractivity contribution in [3.05, 3.63) is 28.8 Å². The predicted molar refractivity (Wildman–Crippen MR) is 87.9 cm³/mol. The van der Waals surface area contributed by atoms with Gasteiger partial charge < -0.3 is 10.5 Å². The number of hydrogen-bond donors (Lipinski definition) is 1. The summed E-state index contributed by atoms with van der Waals surface area (Å²) in [6.07, 6.45) is 8.85. The molecule has 1 aromatic carbocycles. The van der Waals surface area contributed by atoms with Crippen molar-refractivity contribution in [2.24, 2.45) is 5.73 Å². The number of rotatable bonds is 10. The molecule has 0 aromatic heterocycles. The van der Waals surface area contributed by atoms with Gasteiger partial charge in [0.05, 0.1) is 6.61 Å². The highest BCUT2D eigenvalue weighted by molar-refractivity contribution is 5.96. The third kappa shape index (κ3) is 5.78. The summed E-state index contributed by atoms with van der Waals surface area (Å²) in [6, 6.07) is 3.82. The van der Waals surface area contributed by atoms with Crippen LogP contribution in [-0.4, -0.2) is 12.5 Å². The minimum Gasteiger partial charge on any atom is -0.493 e. The molecule has 2 N–H and O–H groups in total. The molecule has 0 spiro atoms. The first-order valence-corrected chi connectivity index (χ1v) is 8.10. The fourth-order valence-electron chi connectivity index (χ4n) is 2.60. The van der Waals surface area contributed by atoms with E-state index in [1.54, 1.807) is 0 Å². The maximum atomic E-state index is 11.5. The minimum atomic E-state index is -0.383. The van der Waals surface area contributed by atoms with Crippen LogP contribution in [0.3, 0.4) is 0 Å². The van der Waals surface area contributed by atoms with Crippen LogP contribution in [0.4, 0.5) is 0 Å². The van der Waals surface area contributed by atoms with Crippen molar-refractivity contribution in [3.8, 4) is 5.75 Å². The fourth-order valence-corrected chi connectivity index (χ4v) is 2.60. The number of carbonyl (C=O) groups is 1. The van der Waals surface area contributed by atoms with Crippen LogP contribution >= 0.6 is 0 Å². The topological polar surface area (TPSA) is 52.3 Å². The molecule has 3 nitrogen and oxygen atoms in total. The van der Waals surface area contributed by atoms with Crippen molar-refractivity contribution in [1.29, 1.82) is 0 Å². The summed E-state index contributed by atoms with van der Waals surface area (Å²) >= 11 is 0. The standard InChI is InChI=1S/C18H29NO2/c1-4-5-6-7-8-9-10-13-21-16-12-11-14(2)17(15(16)3)18(19)20/h11-12H,4-10,13H2,1-3H3,(H2,19,20). The first-order valence-electron chi connectivity index (χ1n) is 8.10. The molecule has 118 valence electrons. The Morgan fingerprint density at radius 3 is 2.29 bits per heavy atom. The van der Waals surface area contributed by atoms with Gasteiger partial charge in [0.2, 0.25) is 5.91 Å². The monoisotopic (exact) mass is 291 g/mol. The molecule has 0 saturated heterocycles. The molecule has 0 aliphatic rings. The van der Waals surface area contributed by atoms with Crippen LogP contribution in [0.25, 0.3) is 0 Å². The molecular formula is C18H29NO2. The SMILES string of the molecule is CCCCCCCCCOc1ccc(C)c(C(N)=O)c1C. The van der Waals surface area contributed by atoms with Crippen molar-refractivity contribution in [2.75, 3.05) is 6.61 Å². The van der Waals surface area contributed by atoms with E-state index in [0.29, 0.717) is 12.2 Å². The minimum absolute atomic E-state index is 0.383. The molecule has 0 heterocycles. The van der Waals surface area contributed by atoms with Crippen LogP contribution in [-0.2, 0) is 0 Å². The van der Waals surface area contributed by atoms with E-state index in [0.717, 1.165) is 23.3 Å². The number of amides is 1. The zero-order valence-corrected chi connectivity index (χ0v) is 13.7. The number of unbranched alkanes of at least 4 members (excludes halogenated alkanes) is 6. The molecule has 21 heavy (non-hydrogen) atoms. The number of carbonyl (C=O) groups excluding carboxylic acids is 1. The van der Waals surface area contributed by atoms with Crippen molar-refractivity contribution in [3.63, 3.8) is 0 Å². The Labute approximate surface area is 128 Å². The lowest BCUT2D eigenvalue weighted by Crippen LogP contribution is -2.15. The molecule has 0 bridgehead atoms. The molecule has 0 atom stereocenters. The summed E-state index contributed by atoms with van der Waals surface area (Å²) in [6.45, 7) is 6.73. The van der Waals surface area contributed by atoms with Gasteiger partial charge in [0.1, 0.15) is 5.75 Å². The van der Waals surface area contributed by atoms with Gasteiger partial charge in [-0.15, -0.1) is 0 Å².